The average Bonchev–Trinajstić information content (AvgIpc) is 1.99. The zero-order chi connectivity index (χ0) is 9.64. The maximum absolute atomic E-state index is 11.3. The van der Waals surface area contributed by atoms with E-state index in [-0.39, 0.29) is 16.4 Å². The van der Waals surface area contributed by atoms with E-state index in [0.717, 1.165) is 18.6 Å². The van der Waals surface area contributed by atoms with E-state index in [4.69, 9.17) is 0 Å². The molecule has 0 saturated carbocycles. The van der Waals surface area contributed by atoms with Crippen molar-refractivity contribution < 1.29 is 12.6 Å². The number of hydrogen-bond donors (Lipinski definition) is 0. The summed E-state index contributed by atoms with van der Waals surface area (Å²) >= 11 is 0. The van der Waals surface area contributed by atoms with Crippen LogP contribution in [0.1, 0.15) is 19.8 Å². The van der Waals surface area contributed by atoms with Gasteiger partial charge in [0.05, 0.1) is 11.0 Å². The van der Waals surface area contributed by atoms with Crippen LogP contribution in [0.4, 0.5) is 0 Å². The lowest BCUT2D eigenvalue weighted by Gasteiger charge is -2.39. The molecule has 0 aromatic carbocycles. The van der Waals surface area contributed by atoms with Crippen molar-refractivity contribution in [2.24, 2.45) is 5.92 Å². The summed E-state index contributed by atoms with van der Waals surface area (Å²) in [6.45, 7) is 1.93. The quantitative estimate of drug-likeness (QED) is 0.676. The molecule has 0 radical (unpaired) electrons. The Morgan fingerprint density at radius 2 is 2.08 bits per heavy atom. The third-order valence-corrected chi connectivity index (χ3v) is 7.63. The van der Waals surface area contributed by atoms with Crippen LogP contribution in [0, 0.1) is 5.92 Å². The highest BCUT2D eigenvalue weighted by molar-refractivity contribution is 7.93. The van der Waals surface area contributed by atoms with Gasteiger partial charge in [0.15, 0.2) is 9.84 Å². The second kappa shape index (κ2) is 3.05. The smallest absolute Gasteiger partial charge is 0.153 e. The van der Waals surface area contributed by atoms with Gasteiger partial charge in [0.1, 0.15) is 0 Å². The Morgan fingerprint density at radius 3 is 2.31 bits per heavy atom. The summed E-state index contributed by atoms with van der Waals surface area (Å²) in [5.74, 6) is 1.21. The Morgan fingerprint density at radius 1 is 1.38 bits per heavy atom. The zero-order valence-electron chi connectivity index (χ0n) is 7.60. The molecule has 0 amide bonds. The summed E-state index contributed by atoms with van der Waals surface area (Å²) in [5.41, 5.74) is 0. The van der Waals surface area contributed by atoms with Gasteiger partial charge in [-0.2, -0.15) is 0 Å². The highest BCUT2D eigenvalue weighted by Gasteiger charge is 2.45. The molecule has 0 aromatic rings. The van der Waals surface area contributed by atoms with Crippen molar-refractivity contribution in [3.63, 3.8) is 0 Å². The van der Waals surface area contributed by atoms with Crippen molar-refractivity contribution >= 4 is 20.6 Å². The molecule has 2 aliphatic heterocycles. The molecule has 4 atom stereocenters. The molecule has 2 fully saturated rings. The van der Waals surface area contributed by atoms with E-state index in [1.54, 1.807) is 0 Å². The van der Waals surface area contributed by atoms with Crippen LogP contribution >= 0.6 is 0 Å². The van der Waals surface area contributed by atoms with Crippen LogP contribution in [0.25, 0.3) is 0 Å². The third-order valence-electron chi connectivity index (χ3n) is 3.26. The molecule has 0 aliphatic carbocycles. The maximum atomic E-state index is 11.3. The summed E-state index contributed by atoms with van der Waals surface area (Å²) in [6.07, 6.45) is 1.72. The molecular formula is C8H14O3S2. The van der Waals surface area contributed by atoms with Gasteiger partial charge in [-0.1, -0.05) is 6.92 Å². The van der Waals surface area contributed by atoms with E-state index >= 15 is 0 Å². The van der Waals surface area contributed by atoms with Crippen molar-refractivity contribution in [1.82, 2.24) is 0 Å². The molecule has 76 valence electrons. The predicted octanol–water partition coefficient (Wildman–Crippen LogP) is 0.331. The van der Waals surface area contributed by atoms with Crippen molar-refractivity contribution in [2.75, 3.05) is 11.5 Å². The zero-order valence-corrected chi connectivity index (χ0v) is 9.23. The van der Waals surface area contributed by atoms with E-state index in [1.807, 2.05) is 6.92 Å². The van der Waals surface area contributed by atoms with E-state index in [2.05, 4.69) is 0 Å². The molecule has 0 spiro atoms. The fraction of sp³-hybridized carbons (Fsp3) is 1.00. The summed E-state index contributed by atoms with van der Waals surface area (Å²) < 4.78 is 33.9. The topological polar surface area (TPSA) is 51.2 Å². The molecule has 5 heteroatoms. The number of sulfone groups is 1. The van der Waals surface area contributed by atoms with Gasteiger partial charge in [-0.3, -0.25) is 4.21 Å². The fourth-order valence-corrected chi connectivity index (χ4v) is 5.33. The maximum Gasteiger partial charge on any atom is 0.153 e. The summed E-state index contributed by atoms with van der Waals surface area (Å²) in [4.78, 5) is 0. The lowest BCUT2D eigenvalue weighted by Crippen LogP contribution is -2.49. The molecule has 13 heavy (non-hydrogen) atoms. The molecule has 4 unspecified atom stereocenters. The molecule has 2 aliphatic rings. The first-order valence-electron chi connectivity index (χ1n) is 4.61. The van der Waals surface area contributed by atoms with E-state index < -0.39 is 20.6 Å². The van der Waals surface area contributed by atoms with Gasteiger partial charge in [0.2, 0.25) is 0 Å². The Bertz CT molecular complexity index is 333. The van der Waals surface area contributed by atoms with Crippen molar-refractivity contribution in [3.05, 3.63) is 0 Å². The molecule has 3 nitrogen and oxygen atoms in total. The van der Waals surface area contributed by atoms with Gasteiger partial charge in [-0.25, -0.2) is 8.42 Å². The second-order valence-electron chi connectivity index (χ2n) is 3.97. The average molecular weight is 222 g/mol. The van der Waals surface area contributed by atoms with Crippen LogP contribution in [-0.4, -0.2) is 34.6 Å². The molecule has 0 aromatic heterocycles. The molecule has 0 bridgehead atoms. The Balaban J connectivity index is 2.05. The Kier molecular flexibility index (Phi) is 2.27. The van der Waals surface area contributed by atoms with Gasteiger partial charge < -0.3 is 0 Å². The lowest BCUT2D eigenvalue weighted by molar-refractivity contribution is 0.428. The van der Waals surface area contributed by atoms with E-state index in [9.17, 15) is 12.6 Å². The largest absolute Gasteiger partial charge is 0.259 e. The monoisotopic (exact) mass is 222 g/mol. The molecular weight excluding hydrogens is 208 g/mol. The minimum atomic E-state index is -2.80. The van der Waals surface area contributed by atoms with Crippen LogP contribution < -0.4 is 0 Å². The van der Waals surface area contributed by atoms with Crippen LogP contribution in [0.2, 0.25) is 0 Å². The highest BCUT2D eigenvalue weighted by Crippen LogP contribution is 2.35. The molecule has 0 N–H and O–H groups in total. The summed E-state index contributed by atoms with van der Waals surface area (Å²) in [5, 5.41) is -0.0400. The lowest BCUT2D eigenvalue weighted by atomic mass is 9.98. The SMILES string of the molecule is CC(C1CCS1=O)C1CCS1(=O)=O. The van der Waals surface area contributed by atoms with Gasteiger partial charge in [0, 0.05) is 21.8 Å². The van der Waals surface area contributed by atoms with Gasteiger partial charge in [-0.05, 0) is 18.8 Å². The minimum Gasteiger partial charge on any atom is -0.259 e. The highest BCUT2D eigenvalue weighted by atomic mass is 32.2. The normalized spacial score (nSPS) is 44.5. The standard InChI is InChI=1S/C8H14O3S2/c1-6(7-2-4-12(7)9)8-3-5-13(8,10)11/h6-8H,2-5H2,1H3. The Labute approximate surface area is 81.3 Å². The third kappa shape index (κ3) is 1.46. The van der Waals surface area contributed by atoms with Gasteiger partial charge in [0.25, 0.3) is 0 Å². The van der Waals surface area contributed by atoms with Crippen LogP contribution in [0.15, 0.2) is 0 Å². The van der Waals surface area contributed by atoms with Crippen molar-refractivity contribution in [1.29, 1.82) is 0 Å². The van der Waals surface area contributed by atoms with Crippen LogP contribution in [0.5, 0.6) is 0 Å². The number of rotatable bonds is 2. The predicted molar refractivity (Wildman–Crippen MR) is 52.8 cm³/mol. The molecule has 2 saturated heterocycles. The van der Waals surface area contributed by atoms with Crippen LogP contribution in [-0.2, 0) is 20.6 Å². The summed E-state index contributed by atoms with van der Waals surface area (Å²) in [6, 6.07) is 0. The van der Waals surface area contributed by atoms with E-state index in [1.165, 1.54) is 0 Å². The fourth-order valence-electron chi connectivity index (χ4n) is 2.13. The first-order chi connectivity index (χ1) is 6.02. The second-order valence-corrected chi connectivity index (χ2v) is 8.08. The molecule has 2 rings (SSSR count). The van der Waals surface area contributed by atoms with Crippen molar-refractivity contribution in [3.8, 4) is 0 Å². The molecule has 2 heterocycles. The Hall–Kier alpha value is 0.1000. The summed E-state index contributed by atoms with van der Waals surface area (Å²) in [7, 11) is -3.55. The first kappa shape index (κ1) is 9.65. The van der Waals surface area contributed by atoms with Gasteiger partial charge in [-0.15, -0.1) is 0 Å². The first-order valence-corrected chi connectivity index (χ1v) is 7.71. The number of hydrogen-bond acceptors (Lipinski definition) is 3. The van der Waals surface area contributed by atoms with Gasteiger partial charge >= 0.3 is 0 Å². The minimum absolute atomic E-state index is 0.105. The van der Waals surface area contributed by atoms with Crippen LogP contribution in [0.3, 0.4) is 0 Å². The van der Waals surface area contributed by atoms with Crippen molar-refractivity contribution in [2.45, 2.75) is 30.3 Å². The van der Waals surface area contributed by atoms with E-state index in [0.29, 0.717) is 5.75 Å².